The predicted octanol–water partition coefficient (Wildman–Crippen LogP) is 2.19. The molecule has 2 amide bonds. The molecule has 22 heavy (non-hydrogen) atoms. The molecule has 2 aromatic rings. The van der Waals surface area contributed by atoms with E-state index in [-0.39, 0.29) is 11.8 Å². The molecule has 0 fully saturated rings. The summed E-state index contributed by atoms with van der Waals surface area (Å²) in [5.41, 5.74) is 3.25. The Morgan fingerprint density at radius 1 is 1.14 bits per heavy atom. The monoisotopic (exact) mass is 296 g/mol. The predicted molar refractivity (Wildman–Crippen MR) is 87.0 cm³/mol. The number of hydrogen-bond acceptors (Lipinski definition) is 2. The zero-order chi connectivity index (χ0) is 15.7. The highest BCUT2D eigenvalue weighted by molar-refractivity contribution is 6.10. The number of carbonyl (C=O) groups excluding carboxylic acids is 2. The van der Waals surface area contributed by atoms with Crippen molar-refractivity contribution in [2.24, 2.45) is 0 Å². The lowest BCUT2D eigenvalue weighted by Gasteiger charge is -2.15. The summed E-state index contributed by atoms with van der Waals surface area (Å²) in [6.45, 7) is 4.11. The summed E-state index contributed by atoms with van der Waals surface area (Å²) in [7, 11) is 0. The van der Waals surface area contributed by atoms with Gasteiger partial charge in [-0.1, -0.05) is 24.3 Å². The maximum Gasteiger partial charge on any atom is 0.252 e. The number of amides is 2. The Morgan fingerprint density at radius 3 is 2.59 bits per heavy atom. The third kappa shape index (κ3) is 2.45. The van der Waals surface area contributed by atoms with Crippen LogP contribution in [0.5, 0.6) is 0 Å². The van der Waals surface area contributed by atoms with E-state index in [0.29, 0.717) is 12.1 Å². The van der Waals surface area contributed by atoms with E-state index < -0.39 is 6.04 Å². The number of carbonyl (C=O) groups is 2. The van der Waals surface area contributed by atoms with Crippen LogP contribution in [0.2, 0.25) is 0 Å². The summed E-state index contributed by atoms with van der Waals surface area (Å²) in [6.07, 6.45) is 2.07. The van der Waals surface area contributed by atoms with Crippen molar-refractivity contribution >= 4 is 22.6 Å². The summed E-state index contributed by atoms with van der Waals surface area (Å²) >= 11 is 0. The van der Waals surface area contributed by atoms with E-state index in [4.69, 9.17) is 0 Å². The van der Waals surface area contributed by atoms with Crippen molar-refractivity contribution in [1.29, 1.82) is 0 Å². The second-order valence-electron chi connectivity index (χ2n) is 5.70. The molecule has 0 aromatic heterocycles. The average Bonchev–Trinajstić information content (AvgIpc) is 2.93. The van der Waals surface area contributed by atoms with Gasteiger partial charge in [0.05, 0.1) is 0 Å². The summed E-state index contributed by atoms with van der Waals surface area (Å²) < 4.78 is 0. The maximum absolute atomic E-state index is 12.5. The van der Waals surface area contributed by atoms with Gasteiger partial charge in [0.2, 0.25) is 5.91 Å². The first-order valence-corrected chi connectivity index (χ1v) is 7.74. The van der Waals surface area contributed by atoms with Crippen molar-refractivity contribution in [1.82, 2.24) is 10.6 Å². The van der Waals surface area contributed by atoms with Gasteiger partial charge >= 0.3 is 0 Å². The van der Waals surface area contributed by atoms with Crippen LogP contribution in [0.15, 0.2) is 30.3 Å². The molecule has 0 radical (unpaired) electrons. The molecule has 2 aromatic carbocycles. The zero-order valence-corrected chi connectivity index (χ0v) is 12.9. The van der Waals surface area contributed by atoms with E-state index in [1.165, 1.54) is 16.5 Å². The van der Waals surface area contributed by atoms with Crippen molar-refractivity contribution in [3.63, 3.8) is 0 Å². The fourth-order valence-corrected chi connectivity index (χ4v) is 3.11. The molecule has 114 valence electrons. The van der Waals surface area contributed by atoms with Crippen molar-refractivity contribution in [2.75, 3.05) is 6.54 Å². The molecule has 0 heterocycles. The smallest absolute Gasteiger partial charge is 0.252 e. The molecular weight excluding hydrogens is 276 g/mol. The molecule has 1 aliphatic rings. The molecule has 3 rings (SSSR count). The standard InChI is InChI=1S/C18H20N2O2/c1-3-19-17(21)11(2)20-18(22)15-10-9-13-8-7-12-5-4-6-14(15)16(12)13/h4-6,9-11H,3,7-8H2,1-2H3,(H,19,21)(H,20,22). The SMILES string of the molecule is CCNC(=O)C(C)NC(=O)c1ccc2c3c(cccc13)CC2. The fourth-order valence-electron chi connectivity index (χ4n) is 3.11. The minimum Gasteiger partial charge on any atom is -0.355 e. The molecule has 1 atom stereocenters. The minimum absolute atomic E-state index is 0.165. The van der Waals surface area contributed by atoms with E-state index in [0.717, 1.165) is 18.2 Å². The molecule has 0 bridgehead atoms. The van der Waals surface area contributed by atoms with Crippen LogP contribution < -0.4 is 10.6 Å². The first-order chi connectivity index (χ1) is 10.6. The molecule has 0 spiro atoms. The van der Waals surface area contributed by atoms with Crippen molar-refractivity contribution < 1.29 is 9.59 Å². The van der Waals surface area contributed by atoms with Crippen LogP contribution in [0.1, 0.15) is 35.3 Å². The zero-order valence-electron chi connectivity index (χ0n) is 12.9. The van der Waals surface area contributed by atoms with Crippen molar-refractivity contribution in [2.45, 2.75) is 32.7 Å². The summed E-state index contributed by atoms with van der Waals surface area (Å²) in [5.74, 6) is -0.365. The van der Waals surface area contributed by atoms with Gasteiger partial charge in [-0.2, -0.15) is 0 Å². The minimum atomic E-state index is -0.546. The van der Waals surface area contributed by atoms with Gasteiger partial charge in [-0.25, -0.2) is 0 Å². The Balaban J connectivity index is 1.91. The highest BCUT2D eigenvalue weighted by Crippen LogP contribution is 2.32. The fraction of sp³-hybridized carbons (Fsp3) is 0.333. The molecular formula is C18H20N2O2. The van der Waals surface area contributed by atoms with Crippen LogP contribution in [0.25, 0.3) is 10.8 Å². The van der Waals surface area contributed by atoms with Gasteiger partial charge in [0.15, 0.2) is 0 Å². The van der Waals surface area contributed by atoms with Crippen LogP contribution in [0, 0.1) is 0 Å². The number of aryl methyl sites for hydroxylation is 2. The number of nitrogens with one attached hydrogen (secondary N) is 2. The third-order valence-corrected chi connectivity index (χ3v) is 4.21. The normalized spacial score (nSPS) is 13.9. The molecule has 4 nitrogen and oxygen atoms in total. The van der Waals surface area contributed by atoms with Crippen LogP contribution in [-0.2, 0) is 17.6 Å². The van der Waals surface area contributed by atoms with Gasteiger partial charge in [0.1, 0.15) is 6.04 Å². The van der Waals surface area contributed by atoms with Gasteiger partial charge in [0.25, 0.3) is 5.91 Å². The van der Waals surface area contributed by atoms with Crippen LogP contribution in [0.3, 0.4) is 0 Å². The van der Waals surface area contributed by atoms with Gasteiger partial charge in [-0.05, 0) is 54.7 Å². The van der Waals surface area contributed by atoms with Gasteiger partial charge < -0.3 is 10.6 Å². The largest absolute Gasteiger partial charge is 0.355 e. The third-order valence-electron chi connectivity index (χ3n) is 4.21. The van der Waals surface area contributed by atoms with Crippen LogP contribution >= 0.6 is 0 Å². The van der Waals surface area contributed by atoms with E-state index in [1.54, 1.807) is 6.92 Å². The van der Waals surface area contributed by atoms with Crippen molar-refractivity contribution in [3.8, 4) is 0 Å². The first-order valence-electron chi connectivity index (χ1n) is 7.74. The lowest BCUT2D eigenvalue weighted by atomic mass is 9.99. The molecule has 1 unspecified atom stereocenters. The number of rotatable bonds is 4. The number of benzene rings is 2. The van der Waals surface area contributed by atoms with E-state index in [9.17, 15) is 9.59 Å². The molecule has 4 heteroatoms. The summed E-state index contributed by atoms with van der Waals surface area (Å²) in [6, 6.07) is 9.46. The molecule has 0 aliphatic heterocycles. The second-order valence-corrected chi connectivity index (χ2v) is 5.70. The Kier molecular flexibility index (Phi) is 3.84. The van der Waals surface area contributed by atoms with E-state index >= 15 is 0 Å². The highest BCUT2D eigenvalue weighted by Gasteiger charge is 2.21. The lowest BCUT2D eigenvalue weighted by molar-refractivity contribution is -0.122. The highest BCUT2D eigenvalue weighted by atomic mass is 16.2. The summed E-state index contributed by atoms with van der Waals surface area (Å²) in [5, 5.41) is 7.68. The van der Waals surface area contributed by atoms with E-state index in [1.807, 2.05) is 31.2 Å². The Morgan fingerprint density at radius 2 is 1.86 bits per heavy atom. The van der Waals surface area contributed by atoms with E-state index in [2.05, 4.69) is 16.7 Å². The van der Waals surface area contributed by atoms with Crippen LogP contribution in [-0.4, -0.2) is 24.4 Å². The Hall–Kier alpha value is -2.36. The second kappa shape index (κ2) is 5.79. The maximum atomic E-state index is 12.5. The van der Waals surface area contributed by atoms with Gasteiger partial charge in [-0.3, -0.25) is 9.59 Å². The lowest BCUT2D eigenvalue weighted by Crippen LogP contribution is -2.44. The van der Waals surface area contributed by atoms with Crippen molar-refractivity contribution in [3.05, 3.63) is 47.0 Å². The van der Waals surface area contributed by atoms with Gasteiger partial charge in [0, 0.05) is 12.1 Å². The number of likely N-dealkylation sites (N-methyl/N-ethyl adjacent to an activating group) is 1. The topological polar surface area (TPSA) is 58.2 Å². The molecule has 1 aliphatic carbocycles. The average molecular weight is 296 g/mol. The Labute approximate surface area is 129 Å². The first kappa shape index (κ1) is 14.6. The molecule has 2 N–H and O–H groups in total. The summed E-state index contributed by atoms with van der Waals surface area (Å²) in [4.78, 5) is 24.3. The van der Waals surface area contributed by atoms with Crippen LogP contribution in [0.4, 0.5) is 0 Å². The number of hydrogen-bond donors (Lipinski definition) is 2. The quantitative estimate of drug-likeness (QED) is 0.908. The molecule has 0 saturated carbocycles. The van der Waals surface area contributed by atoms with Gasteiger partial charge in [-0.15, -0.1) is 0 Å². The molecule has 0 saturated heterocycles. The Bertz CT molecular complexity index is 742.